The van der Waals surface area contributed by atoms with Crippen LogP contribution in [0, 0.1) is 3.57 Å². The van der Waals surface area contributed by atoms with E-state index in [1.165, 1.54) is 36.2 Å². The average molecular weight is 715 g/mol. The van der Waals surface area contributed by atoms with E-state index in [0.717, 1.165) is 34.1 Å². The van der Waals surface area contributed by atoms with Crippen molar-refractivity contribution in [1.82, 2.24) is 0 Å². The molecule has 0 amide bonds. The van der Waals surface area contributed by atoms with Crippen molar-refractivity contribution in [3.8, 4) is 11.1 Å². The Bertz CT molecular complexity index is 2280. The van der Waals surface area contributed by atoms with E-state index in [9.17, 15) is 0 Å². The summed E-state index contributed by atoms with van der Waals surface area (Å²) in [5.74, 6) is 0. The Morgan fingerprint density at radius 1 is 0.298 bits per heavy atom. The van der Waals surface area contributed by atoms with Crippen molar-refractivity contribution in [2.75, 3.05) is 9.80 Å². The molecule has 8 aromatic carbocycles. The summed E-state index contributed by atoms with van der Waals surface area (Å²) in [5.41, 5.74) is 9.18. The standard InChI is InChI=1S/C44H31IN2/c45-36-24-30-40(31-25-36)47(44-19-9-13-35-11-5-7-17-42(35)44)39-28-22-33(23-29-39)32-20-26-38(27-21-32)46(37-14-2-1-3-15-37)43-18-8-12-34-10-4-6-16-41(34)43/h1-31H. The first-order valence-electron chi connectivity index (χ1n) is 15.8. The Morgan fingerprint density at radius 2 is 0.660 bits per heavy atom. The van der Waals surface area contributed by atoms with Gasteiger partial charge in [0.2, 0.25) is 0 Å². The molecule has 0 N–H and O–H groups in total. The molecule has 0 aliphatic carbocycles. The first-order valence-corrected chi connectivity index (χ1v) is 16.9. The number of hydrogen-bond donors (Lipinski definition) is 0. The zero-order valence-electron chi connectivity index (χ0n) is 25.7. The van der Waals surface area contributed by atoms with Crippen LogP contribution in [0.5, 0.6) is 0 Å². The maximum atomic E-state index is 2.37. The monoisotopic (exact) mass is 714 g/mol. The lowest BCUT2D eigenvalue weighted by Gasteiger charge is -2.27. The van der Waals surface area contributed by atoms with Gasteiger partial charge in [0.25, 0.3) is 0 Å². The van der Waals surface area contributed by atoms with Crippen LogP contribution in [0.25, 0.3) is 32.7 Å². The predicted molar refractivity (Wildman–Crippen MR) is 209 cm³/mol. The van der Waals surface area contributed by atoms with Gasteiger partial charge < -0.3 is 9.80 Å². The normalized spacial score (nSPS) is 11.1. The first kappa shape index (κ1) is 29.0. The largest absolute Gasteiger partial charge is 0.310 e. The molecule has 0 spiro atoms. The van der Waals surface area contributed by atoms with Gasteiger partial charge in [0.1, 0.15) is 0 Å². The predicted octanol–water partition coefficient (Wildman–Crippen LogP) is 13.2. The molecule has 0 aliphatic rings. The fourth-order valence-electron chi connectivity index (χ4n) is 6.43. The zero-order valence-corrected chi connectivity index (χ0v) is 27.8. The Hall–Kier alpha value is -5.39. The molecule has 0 heterocycles. The van der Waals surface area contributed by atoms with Crippen molar-refractivity contribution in [2.45, 2.75) is 0 Å². The van der Waals surface area contributed by atoms with Gasteiger partial charge in [-0.2, -0.15) is 0 Å². The van der Waals surface area contributed by atoms with Gasteiger partial charge in [-0.15, -0.1) is 0 Å². The SMILES string of the molecule is Ic1ccc(N(c2ccc(-c3ccc(N(c4ccccc4)c4cccc5ccccc45)cc3)cc2)c2cccc3ccccc23)cc1. The molecular weight excluding hydrogens is 683 g/mol. The van der Waals surface area contributed by atoms with Gasteiger partial charge in [0.05, 0.1) is 11.4 Å². The molecule has 0 fully saturated rings. The van der Waals surface area contributed by atoms with Crippen LogP contribution >= 0.6 is 22.6 Å². The molecule has 0 saturated carbocycles. The molecule has 0 aromatic heterocycles. The van der Waals surface area contributed by atoms with Gasteiger partial charge in [0, 0.05) is 37.1 Å². The van der Waals surface area contributed by atoms with E-state index in [1.807, 2.05) is 0 Å². The van der Waals surface area contributed by atoms with Gasteiger partial charge in [-0.05, 0) is 117 Å². The second-order valence-electron chi connectivity index (χ2n) is 11.6. The smallest absolute Gasteiger partial charge is 0.0540 e. The van der Waals surface area contributed by atoms with Gasteiger partial charge in [-0.25, -0.2) is 0 Å². The quantitative estimate of drug-likeness (QED) is 0.152. The van der Waals surface area contributed by atoms with Crippen LogP contribution in [0.15, 0.2) is 188 Å². The summed E-state index contributed by atoms with van der Waals surface area (Å²) in [7, 11) is 0. The lowest BCUT2D eigenvalue weighted by atomic mass is 10.0. The summed E-state index contributed by atoms with van der Waals surface area (Å²) in [6.45, 7) is 0. The van der Waals surface area contributed by atoms with E-state index in [0.29, 0.717) is 0 Å². The van der Waals surface area contributed by atoms with Crippen LogP contribution < -0.4 is 9.80 Å². The summed E-state index contributed by atoms with van der Waals surface area (Å²) < 4.78 is 1.22. The number of anilines is 6. The lowest BCUT2D eigenvalue weighted by molar-refractivity contribution is 1.29. The van der Waals surface area contributed by atoms with Crippen molar-refractivity contribution in [3.63, 3.8) is 0 Å². The van der Waals surface area contributed by atoms with E-state index in [4.69, 9.17) is 0 Å². The number of nitrogens with zero attached hydrogens (tertiary/aromatic N) is 2. The Kier molecular flexibility index (Phi) is 7.90. The maximum absolute atomic E-state index is 2.37. The minimum absolute atomic E-state index is 1.12. The number of halogens is 1. The highest BCUT2D eigenvalue weighted by Crippen LogP contribution is 2.41. The minimum atomic E-state index is 1.12. The number of rotatable bonds is 7. The average Bonchev–Trinajstić information content (AvgIpc) is 3.14. The van der Waals surface area contributed by atoms with Crippen LogP contribution in [0.3, 0.4) is 0 Å². The van der Waals surface area contributed by atoms with Gasteiger partial charge in [-0.3, -0.25) is 0 Å². The van der Waals surface area contributed by atoms with E-state index >= 15 is 0 Å². The third-order valence-electron chi connectivity index (χ3n) is 8.70. The van der Waals surface area contributed by atoms with Gasteiger partial charge in [-0.1, -0.05) is 115 Å². The fourth-order valence-corrected chi connectivity index (χ4v) is 6.79. The molecule has 0 radical (unpaired) electrons. The zero-order chi connectivity index (χ0) is 31.6. The highest BCUT2D eigenvalue weighted by Gasteiger charge is 2.17. The maximum Gasteiger partial charge on any atom is 0.0540 e. The molecule has 8 rings (SSSR count). The Labute approximate surface area is 289 Å². The van der Waals surface area contributed by atoms with Crippen molar-refractivity contribution in [2.24, 2.45) is 0 Å². The van der Waals surface area contributed by atoms with Gasteiger partial charge in [0.15, 0.2) is 0 Å². The molecule has 0 atom stereocenters. The summed E-state index contributed by atoms with van der Waals surface area (Å²) in [5, 5.41) is 4.90. The summed E-state index contributed by atoms with van der Waals surface area (Å²) >= 11 is 2.37. The van der Waals surface area contributed by atoms with Crippen LogP contribution in [0.1, 0.15) is 0 Å². The molecule has 2 nitrogen and oxygen atoms in total. The molecule has 0 aliphatic heterocycles. The van der Waals surface area contributed by atoms with Crippen molar-refractivity contribution in [1.29, 1.82) is 0 Å². The summed E-state index contributed by atoms with van der Waals surface area (Å²) in [6, 6.07) is 67.4. The fraction of sp³-hybridized carbons (Fsp3) is 0. The molecule has 0 unspecified atom stereocenters. The van der Waals surface area contributed by atoms with Crippen LogP contribution in [0.4, 0.5) is 34.1 Å². The third-order valence-corrected chi connectivity index (χ3v) is 9.42. The number of para-hydroxylation sites is 1. The Balaban J connectivity index is 1.16. The van der Waals surface area contributed by atoms with E-state index in [2.05, 4.69) is 220 Å². The molecule has 3 heteroatoms. The van der Waals surface area contributed by atoms with Crippen molar-refractivity contribution in [3.05, 3.63) is 192 Å². The van der Waals surface area contributed by atoms with Crippen molar-refractivity contribution < 1.29 is 0 Å². The van der Waals surface area contributed by atoms with Crippen molar-refractivity contribution >= 4 is 78.3 Å². The highest BCUT2D eigenvalue weighted by molar-refractivity contribution is 14.1. The highest BCUT2D eigenvalue weighted by atomic mass is 127. The molecular formula is C44H31IN2. The Morgan fingerprint density at radius 3 is 1.13 bits per heavy atom. The van der Waals surface area contributed by atoms with Crippen LogP contribution in [-0.4, -0.2) is 0 Å². The first-order chi connectivity index (χ1) is 23.2. The minimum Gasteiger partial charge on any atom is -0.310 e. The van der Waals surface area contributed by atoms with Crippen LogP contribution in [-0.2, 0) is 0 Å². The van der Waals surface area contributed by atoms with E-state index in [1.54, 1.807) is 0 Å². The summed E-state index contributed by atoms with van der Waals surface area (Å²) in [4.78, 5) is 4.70. The second-order valence-corrected chi connectivity index (χ2v) is 12.8. The third kappa shape index (κ3) is 5.75. The second kappa shape index (κ2) is 12.8. The number of fused-ring (bicyclic) bond motifs is 2. The molecule has 47 heavy (non-hydrogen) atoms. The topological polar surface area (TPSA) is 6.48 Å². The van der Waals surface area contributed by atoms with E-state index in [-0.39, 0.29) is 0 Å². The van der Waals surface area contributed by atoms with Crippen LogP contribution in [0.2, 0.25) is 0 Å². The van der Waals surface area contributed by atoms with E-state index < -0.39 is 0 Å². The molecule has 8 aromatic rings. The number of hydrogen-bond acceptors (Lipinski definition) is 2. The summed E-state index contributed by atoms with van der Waals surface area (Å²) in [6.07, 6.45) is 0. The molecule has 224 valence electrons. The molecule has 0 saturated heterocycles. The lowest BCUT2D eigenvalue weighted by Crippen LogP contribution is -2.10. The number of benzene rings is 8. The van der Waals surface area contributed by atoms with Gasteiger partial charge >= 0.3 is 0 Å². The molecule has 0 bridgehead atoms.